The summed E-state index contributed by atoms with van der Waals surface area (Å²) < 4.78 is 2.46. The molecule has 0 saturated heterocycles. The minimum Gasteiger partial charge on any atom is -0.310 e. The monoisotopic (exact) mass is 728 g/mol. The van der Waals surface area contributed by atoms with E-state index in [9.17, 15) is 0 Å². The molecule has 0 unspecified atom stereocenters. The van der Waals surface area contributed by atoms with Crippen molar-refractivity contribution in [1.29, 1.82) is 0 Å². The number of anilines is 3. The molecule has 2 nitrogen and oxygen atoms in total. The van der Waals surface area contributed by atoms with Crippen LogP contribution in [0.2, 0.25) is 0 Å². The molecular weight excluding hydrogens is 689 g/mol. The molecule has 0 saturated carbocycles. The van der Waals surface area contributed by atoms with Crippen LogP contribution >= 0.6 is 0 Å². The summed E-state index contributed by atoms with van der Waals surface area (Å²) in [5, 5.41) is 5.09. The first-order valence-corrected chi connectivity index (χ1v) is 19.9. The Kier molecular flexibility index (Phi) is 7.55. The van der Waals surface area contributed by atoms with Gasteiger partial charge in [0, 0.05) is 38.8 Å². The molecule has 0 radical (unpaired) electrons. The van der Waals surface area contributed by atoms with Crippen LogP contribution in [0.4, 0.5) is 17.1 Å². The van der Waals surface area contributed by atoms with Gasteiger partial charge in [0.1, 0.15) is 0 Å². The van der Waals surface area contributed by atoms with Crippen molar-refractivity contribution in [3.05, 3.63) is 217 Å². The molecule has 0 atom stereocenters. The fourth-order valence-corrected chi connectivity index (χ4v) is 9.51. The van der Waals surface area contributed by atoms with E-state index < -0.39 is 0 Å². The Morgan fingerprint density at radius 2 is 1.00 bits per heavy atom. The second kappa shape index (κ2) is 13.0. The maximum absolute atomic E-state index is 2.47. The normalized spacial score (nSPS) is 12.9. The van der Waals surface area contributed by atoms with Crippen molar-refractivity contribution in [1.82, 2.24) is 4.57 Å². The van der Waals surface area contributed by atoms with Crippen LogP contribution in [0.25, 0.3) is 71.6 Å². The second-order valence-corrected chi connectivity index (χ2v) is 15.8. The highest BCUT2D eigenvalue weighted by Gasteiger charge is 2.36. The van der Waals surface area contributed by atoms with Crippen LogP contribution in [0, 0.1) is 0 Å². The van der Waals surface area contributed by atoms with Gasteiger partial charge in [-0.25, -0.2) is 0 Å². The summed E-state index contributed by atoms with van der Waals surface area (Å²) in [5.41, 5.74) is 17.1. The molecule has 0 fully saturated rings. The molecule has 270 valence electrons. The molecule has 0 amide bonds. The van der Waals surface area contributed by atoms with Crippen LogP contribution in [0.1, 0.15) is 25.0 Å². The molecule has 1 heterocycles. The summed E-state index contributed by atoms with van der Waals surface area (Å²) in [4.78, 5) is 2.38. The SMILES string of the molecule is CC1(C)c2ccccc2-c2ccc3cc4c5cc(-c6ccccc6N(c6ccccc6)c6ccc(-c7ccccc7)cc6)ccc5n(-c5ccccc5)c4cc3c21. The van der Waals surface area contributed by atoms with Crippen molar-refractivity contribution in [3.63, 3.8) is 0 Å². The largest absolute Gasteiger partial charge is 0.310 e. The van der Waals surface area contributed by atoms with Crippen molar-refractivity contribution in [2.45, 2.75) is 19.3 Å². The predicted octanol–water partition coefficient (Wildman–Crippen LogP) is 15.0. The minimum absolute atomic E-state index is 0.105. The maximum Gasteiger partial charge on any atom is 0.0547 e. The van der Waals surface area contributed by atoms with E-state index in [0.717, 1.165) is 22.7 Å². The van der Waals surface area contributed by atoms with Crippen molar-refractivity contribution in [3.8, 4) is 39.1 Å². The molecule has 0 N–H and O–H groups in total. The molecular formula is C55H40N2. The Balaban J connectivity index is 1.12. The molecule has 2 heteroatoms. The molecule has 1 aliphatic carbocycles. The fraction of sp³-hybridized carbons (Fsp3) is 0.0545. The number of fused-ring (bicyclic) bond motifs is 8. The van der Waals surface area contributed by atoms with Crippen molar-refractivity contribution < 1.29 is 0 Å². The highest BCUT2D eigenvalue weighted by atomic mass is 15.1. The Labute approximate surface area is 333 Å². The maximum atomic E-state index is 2.47. The average Bonchev–Trinajstić information content (AvgIpc) is 3.71. The summed E-state index contributed by atoms with van der Waals surface area (Å²) in [5.74, 6) is 0. The summed E-state index contributed by atoms with van der Waals surface area (Å²) in [6.45, 7) is 4.77. The number of nitrogens with zero attached hydrogens (tertiary/aromatic N) is 2. The second-order valence-electron chi connectivity index (χ2n) is 15.8. The minimum atomic E-state index is -0.105. The van der Waals surface area contributed by atoms with E-state index in [1.165, 1.54) is 77.1 Å². The van der Waals surface area contributed by atoms with E-state index in [1.807, 2.05) is 0 Å². The first-order chi connectivity index (χ1) is 28.0. The topological polar surface area (TPSA) is 8.17 Å². The Bertz CT molecular complexity index is 3120. The van der Waals surface area contributed by atoms with Crippen LogP contribution < -0.4 is 4.90 Å². The van der Waals surface area contributed by atoms with Crippen molar-refractivity contribution in [2.75, 3.05) is 4.90 Å². The van der Waals surface area contributed by atoms with E-state index in [1.54, 1.807) is 0 Å². The molecule has 1 aliphatic rings. The standard InChI is InChI=1S/C55H40N2/c1-55(2)50-24-14-12-23-45(50)46-32-28-40-35-49-48-34-39(29-33-52(48)57(42-20-10-5-11-21-42)53(49)36-47(40)54(46)55)44-22-13-15-25-51(44)56(41-18-8-4-9-19-41)43-30-26-38(27-31-43)37-16-6-3-7-17-37/h3-36H,1-2H3. The molecule has 0 spiro atoms. The van der Waals surface area contributed by atoms with E-state index in [-0.39, 0.29) is 5.41 Å². The molecule has 10 aromatic rings. The van der Waals surface area contributed by atoms with Gasteiger partial charge in [-0.3, -0.25) is 0 Å². The number of para-hydroxylation sites is 3. The van der Waals surface area contributed by atoms with Gasteiger partial charge in [0.05, 0.1) is 16.7 Å². The molecule has 0 bridgehead atoms. The van der Waals surface area contributed by atoms with Gasteiger partial charge in [-0.2, -0.15) is 0 Å². The number of rotatable bonds is 6. The molecule has 57 heavy (non-hydrogen) atoms. The first-order valence-electron chi connectivity index (χ1n) is 19.9. The lowest BCUT2D eigenvalue weighted by Gasteiger charge is -2.28. The van der Waals surface area contributed by atoms with Crippen molar-refractivity contribution in [2.24, 2.45) is 0 Å². The van der Waals surface area contributed by atoms with Gasteiger partial charge in [0.15, 0.2) is 0 Å². The van der Waals surface area contributed by atoms with E-state index >= 15 is 0 Å². The number of hydrogen-bond donors (Lipinski definition) is 0. The van der Waals surface area contributed by atoms with Crippen LogP contribution in [0.15, 0.2) is 206 Å². The third-order valence-corrected chi connectivity index (χ3v) is 12.1. The smallest absolute Gasteiger partial charge is 0.0547 e. The summed E-state index contributed by atoms with van der Waals surface area (Å²) in [6.07, 6.45) is 0. The highest BCUT2D eigenvalue weighted by molar-refractivity contribution is 6.16. The van der Waals surface area contributed by atoms with Gasteiger partial charge < -0.3 is 9.47 Å². The number of aromatic nitrogens is 1. The van der Waals surface area contributed by atoms with E-state index in [4.69, 9.17) is 0 Å². The molecule has 9 aromatic carbocycles. The van der Waals surface area contributed by atoms with Gasteiger partial charge in [0.25, 0.3) is 0 Å². The number of hydrogen-bond acceptors (Lipinski definition) is 1. The van der Waals surface area contributed by atoms with Crippen LogP contribution in [-0.2, 0) is 5.41 Å². The van der Waals surface area contributed by atoms with E-state index in [2.05, 4.69) is 230 Å². The zero-order valence-corrected chi connectivity index (χ0v) is 32.0. The lowest BCUT2D eigenvalue weighted by molar-refractivity contribution is 0.666. The van der Waals surface area contributed by atoms with Gasteiger partial charge in [-0.1, -0.05) is 153 Å². The average molecular weight is 729 g/mol. The Morgan fingerprint density at radius 1 is 0.404 bits per heavy atom. The summed E-state index contributed by atoms with van der Waals surface area (Å²) in [7, 11) is 0. The van der Waals surface area contributed by atoms with Crippen molar-refractivity contribution >= 4 is 49.6 Å². The lowest BCUT2D eigenvalue weighted by atomic mass is 9.80. The van der Waals surface area contributed by atoms with Crippen LogP contribution in [-0.4, -0.2) is 4.57 Å². The highest BCUT2D eigenvalue weighted by Crippen LogP contribution is 2.52. The quantitative estimate of drug-likeness (QED) is 0.165. The zero-order valence-electron chi connectivity index (χ0n) is 32.0. The Hall–Kier alpha value is -7.16. The molecule has 0 aliphatic heterocycles. The van der Waals surface area contributed by atoms with Gasteiger partial charge in [-0.05, 0) is 116 Å². The molecule has 11 rings (SSSR count). The lowest BCUT2D eigenvalue weighted by Crippen LogP contribution is -2.15. The fourth-order valence-electron chi connectivity index (χ4n) is 9.51. The number of benzene rings is 9. The van der Waals surface area contributed by atoms with Gasteiger partial charge >= 0.3 is 0 Å². The third-order valence-electron chi connectivity index (χ3n) is 12.1. The van der Waals surface area contributed by atoms with Crippen LogP contribution in [0.5, 0.6) is 0 Å². The third kappa shape index (κ3) is 5.25. The summed E-state index contributed by atoms with van der Waals surface area (Å²) in [6, 6.07) is 75.4. The summed E-state index contributed by atoms with van der Waals surface area (Å²) >= 11 is 0. The van der Waals surface area contributed by atoms with E-state index in [0.29, 0.717) is 0 Å². The Morgan fingerprint density at radius 3 is 1.77 bits per heavy atom. The van der Waals surface area contributed by atoms with Crippen LogP contribution in [0.3, 0.4) is 0 Å². The first kappa shape index (κ1) is 33.2. The molecule has 1 aromatic heterocycles. The predicted molar refractivity (Wildman–Crippen MR) is 241 cm³/mol. The van der Waals surface area contributed by atoms with Gasteiger partial charge in [0.2, 0.25) is 0 Å². The zero-order chi connectivity index (χ0) is 38.1. The van der Waals surface area contributed by atoms with Gasteiger partial charge in [-0.15, -0.1) is 0 Å².